The summed E-state index contributed by atoms with van der Waals surface area (Å²) in [5.74, 6) is -1.16. The Morgan fingerprint density at radius 3 is 1.78 bits per heavy atom. The van der Waals surface area contributed by atoms with Gasteiger partial charge in [-0.1, -0.05) is 0 Å². The van der Waals surface area contributed by atoms with Crippen LogP contribution in [0.5, 0.6) is 0 Å². The van der Waals surface area contributed by atoms with Crippen LogP contribution in [0.25, 0.3) is 0 Å². The van der Waals surface area contributed by atoms with E-state index in [2.05, 4.69) is 4.98 Å². The highest BCUT2D eigenvalue weighted by atomic mass is 16.1. The Morgan fingerprint density at radius 2 is 1.39 bits per heavy atom. The second kappa shape index (κ2) is 4.86. The van der Waals surface area contributed by atoms with Gasteiger partial charge in [-0.2, -0.15) is 26.3 Å². The van der Waals surface area contributed by atoms with Gasteiger partial charge in [0, 0.05) is 0 Å². The van der Waals surface area contributed by atoms with E-state index in [0.717, 1.165) is 0 Å². The molecule has 80 valence electrons. The molecular weight excluding hydrogens is 232 g/mol. The zero-order valence-electron chi connectivity index (χ0n) is 8.59. The van der Waals surface area contributed by atoms with Crippen LogP contribution in [-0.4, -0.2) is 10.8 Å². The predicted molar refractivity (Wildman–Crippen MR) is 53.0 cm³/mol. The number of Topliss-reactive ketones (excluding diaryl/α,β-unsaturated/α-hetero) is 1. The summed E-state index contributed by atoms with van der Waals surface area (Å²) in [5, 5.41) is 43.8. The minimum absolute atomic E-state index is 0.419. The molecule has 0 atom stereocenters. The van der Waals surface area contributed by atoms with E-state index < -0.39 is 33.9 Å². The van der Waals surface area contributed by atoms with Crippen LogP contribution in [0, 0.1) is 56.7 Å². The highest BCUT2D eigenvalue weighted by Crippen LogP contribution is 2.19. The van der Waals surface area contributed by atoms with Crippen LogP contribution in [0.2, 0.25) is 0 Å². The van der Waals surface area contributed by atoms with E-state index >= 15 is 0 Å². The third-order valence-electron chi connectivity index (χ3n) is 1.96. The molecule has 0 amide bonds. The van der Waals surface area contributed by atoms with E-state index in [9.17, 15) is 4.79 Å². The number of hydrogen-bond acceptors (Lipinski definition) is 7. The van der Waals surface area contributed by atoms with E-state index in [-0.39, 0.29) is 0 Å². The summed E-state index contributed by atoms with van der Waals surface area (Å²) in [4.78, 5) is 14.8. The van der Waals surface area contributed by atoms with Crippen LogP contribution < -0.4 is 0 Å². The molecule has 0 N–H and O–H groups in total. The van der Waals surface area contributed by atoms with Crippen LogP contribution in [0.1, 0.15) is 32.9 Å². The highest BCUT2D eigenvalue weighted by molar-refractivity contribution is 6.10. The first-order valence-electron chi connectivity index (χ1n) is 4.27. The van der Waals surface area contributed by atoms with Crippen molar-refractivity contribution in [2.45, 2.75) is 0 Å². The van der Waals surface area contributed by atoms with Gasteiger partial charge in [0.05, 0.1) is 11.1 Å². The monoisotopic (exact) mass is 232 g/mol. The fourth-order valence-electron chi connectivity index (χ4n) is 1.24. The van der Waals surface area contributed by atoms with Gasteiger partial charge in [0.15, 0.2) is 11.4 Å². The first kappa shape index (κ1) is 12.3. The Hall–Kier alpha value is -3.73. The first-order chi connectivity index (χ1) is 8.64. The van der Waals surface area contributed by atoms with Gasteiger partial charge in [-0.05, 0) is 0 Å². The normalized spacial score (nSPS) is 7.94. The number of pyridine rings is 1. The Bertz CT molecular complexity index is 758. The average molecular weight is 232 g/mol. The number of hydrogen-bond donors (Lipinski definition) is 0. The van der Waals surface area contributed by atoms with Gasteiger partial charge in [0.1, 0.15) is 35.9 Å². The summed E-state index contributed by atoms with van der Waals surface area (Å²) < 4.78 is 0. The third-order valence-corrected chi connectivity index (χ3v) is 1.96. The largest absolute Gasteiger partial charge is 0.277 e. The Morgan fingerprint density at radius 1 is 0.833 bits per heavy atom. The van der Waals surface area contributed by atoms with Crippen molar-refractivity contribution < 1.29 is 4.79 Å². The van der Waals surface area contributed by atoms with Gasteiger partial charge in [0.2, 0.25) is 0 Å². The van der Waals surface area contributed by atoms with Gasteiger partial charge in [-0.15, -0.1) is 0 Å². The Balaban J connectivity index is 3.98. The molecule has 18 heavy (non-hydrogen) atoms. The molecule has 0 unspecified atom stereocenters. The molecule has 1 heterocycles. The van der Waals surface area contributed by atoms with E-state index in [1.54, 1.807) is 18.2 Å². The smallest absolute Gasteiger partial charge is 0.266 e. The summed E-state index contributed by atoms with van der Waals surface area (Å²) in [5.41, 5.74) is -2.39. The van der Waals surface area contributed by atoms with Crippen LogP contribution in [0.3, 0.4) is 0 Å². The van der Waals surface area contributed by atoms with E-state index in [1.165, 1.54) is 12.1 Å². The Kier molecular flexibility index (Phi) is 3.33. The molecule has 0 saturated heterocycles. The number of ketones is 1. The lowest BCUT2D eigenvalue weighted by molar-refractivity contribution is 0.105. The van der Waals surface area contributed by atoms with Crippen molar-refractivity contribution in [1.82, 2.24) is 4.98 Å². The molecule has 0 aromatic carbocycles. The summed E-state index contributed by atoms with van der Waals surface area (Å²) >= 11 is 0. The van der Waals surface area contributed by atoms with Crippen molar-refractivity contribution in [1.29, 1.82) is 26.3 Å². The number of nitriles is 5. The number of aromatic nitrogens is 1. The summed E-state index contributed by atoms with van der Waals surface area (Å²) in [7, 11) is 0. The Labute approximate surface area is 101 Å². The van der Waals surface area contributed by atoms with Gasteiger partial charge in [-0.25, -0.2) is 4.98 Å². The van der Waals surface area contributed by atoms with Crippen molar-refractivity contribution >= 4 is 5.78 Å². The minimum atomic E-state index is -1.16. The molecule has 1 aromatic rings. The lowest BCUT2D eigenvalue weighted by Gasteiger charge is -2.03. The fourth-order valence-corrected chi connectivity index (χ4v) is 1.24. The maximum Gasteiger partial charge on any atom is 0.266 e. The molecule has 0 saturated carbocycles. The average Bonchev–Trinajstić information content (AvgIpc) is 2.43. The van der Waals surface area contributed by atoms with Crippen molar-refractivity contribution in [3.8, 4) is 30.3 Å². The summed E-state index contributed by atoms with van der Waals surface area (Å²) in [6.07, 6.45) is 0. The first-order valence-corrected chi connectivity index (χ1v) is 4.27. The molecule has 0 aliphatic carbocycles. The second-order valence-corrected chi connectivity index (χ2v) is 2.82. The topological polar surface area (TPSA) is 149 Å². The standard InChI is InChI=1S/C11N6O/c12-1-6-7(2-13)11(10(18)5-16)9(4-15)17-8(6)3-14. The summed E-state index contributed by atoms with van der Waals surface area (Å²) in [6, 6.07) is 7.41. The van der Waals surface area contributed by atoms with Crippen LogP contribution in [0.4, 0.5) is 0 Å². The molecule has 0 aliphatic heterocycles. The van der Waals surface area contributed by atoms with E-state index in [4.69, 9.17) is 26.3 Å². The zero-order chi connectivity index (χ0) is 13.7. The lowest BCUT2D eigenvalue weighted by atomic mass is 9.97. The van der Waals surface area contributed by atoms with Crippen LogP contribution >= 0.6 is 0 Å². The van der Waals surface area contributed by atoms with E-state index in [0.29, 0.717) is 0 Å². The van der Waals surface area contributed by atoms with Crippen molar-refractivity contribution in [3.05, 3.63) is 28.1 Å². The van der Waals surface area contributed by atoms with Gasteiger partial charge in [-0.3, -0.25) is 4.79 Å². The molecule has 7 heteroatoms. The van der Waals surface area contributed by atoms with Gasteiger partial charge >= 0.3 is 0 Å². The van der Waals surface area contributed by atoms with Crippen molar-refractivity contribution in [3.63, 3.8) is 0 Å². The quantitative estimate of drug-likeness (QED) is 0.498. The molecule has 7 nitrogen and oxygen atoms in total. The third kappa shape index (κ3) is 1.70. The fraction of sp³-hybridized carbons (Fsp3) is 0. The number of carbonyl (C=O) groups excluding carboxylic acids is 1. The molecule has 1 rings (SSSR count). The second-order valence-electron chi connectivity index (χ2n) is 2.82. The van der Waals surface area contributed by atoms with Crippen LogP contribution in [0.15, 0.2) is 0 Å². The minimum Gasteiger partial charge on any atom is -0.277 e. The number of carbonyl (C=O) groups is 1. The van der Waals surface area contributed by atoms with Crippen LogP contribution in [-0.2, 0) is 0 Å². The molecular formula is C11N6O. The zero-order valence-corrected chi connectivity index (χ0v) is 8.59. The van der Waals surface area contributed by atoms with Gasteiger partial charge < -0.3 is 0 Å². The lowest BCUT2D eigenvalue weighted by Crippen LogP contribution is -2.09. The van der Waals surface area contributed by atoms with Gasteiger partial charge in [0.25, 0.3) is 5.78 Å². The maximum atomic E-state index is 11.3. The highest BCUT2D eigenvalue weighted by Gasteiger charge is 2.24. The van der Waals surface area contributed by atoms with Crippen molar-refractivity contribution in [2.75, 3.05) is 0 Å². The molecule has 0 radical (unpaired) electrons. The molecule has 0 aliphatic rings. The molecule has 0 bridgehead atoms. The molecule has 0 spiro atoms. The van der Waals surface area contributed by atoms with E-state index in [1.807, 2.05) is 0 Å². The summed E-state index contributed by atoms with van der Waals surface area (Å²) in [6.45, 7) is 0. The molecule has 0 fully saturated rings. The number of rotatable bonds is 1. The number of nitrogens with zero attached hydrogens (tertiary/aromatic N) is 6. The molecule has 1 aromatic heterocycles. The van der Waals surface area contributed by atoms with Crippen molar-refractivity contribution in [2.24, 2.45) is 0 Å². The maximum absolute atomic E-state index is 11.3. The predicted octanol–water partition coefficient (Wildman–Crippen LogP) is 0.275. The SMILES string of the molecule is N#CC(=O)c1c(C#N)nc(C#N)c(C#N)c1C#N.